The van der Waals surface area contributed by atoms with Crippen LogP contribution in [-0.4, -0.2) is 29.2 Å². The van der Waals surface area contributed by atoms with Crippen molar-refractivity contribution in [1.29, 1.82) is 5.26 Å². The number of carbonyl (C=O) groups excluding carboxylic acids is 1. The maximum atomic E-state index is 14.7. The van der Waals surface area contributed by atoms with E-state index in [1.165, 1.54) is 19.1 Å². The summed E-state index contributed by atoms with van der Waals surface area (Å²) in [6.07, 6.45) is 0.934. The molecule has 0 aliphatic heterocycles. The molecule has 1 N–H and O–H groups in total. The molecule has 1 aromatic heterocycles. The lowest BCUT2D eigenvalue weighted by Gasteiger charge is -2.28. The van der Waals surface area contributed by atoms with Gasteiger partial charge >= 0.3 is 12.8 Å². The molecule has 11 heteroatoms. The van der Waals surface area contributed by atoms with Crippen LogP contribution in [0.1, 0.15) is 73.1 Å². The summed E-state index contributed by atoms with van der Waals surface area (Å²) in [4.78, 5) is 16.8. The Labute approximate surface area is 228 Å². The summed E-state index contributed by atoms with van der Waals surface area (Å²) in [6, 6.07) is 6.70. The lowest BCUT2D eigenvalue weighted by molar-refractivity contribution is -0.182. The number of nitriles is 1. The molecule has 0 radical (unpaired) electrons. The molecule has 1 aliphatic rings. The molecule has 0 unspecified atom stereocenters. The van der Waals surface area contributed by atoms with Crippen molar-refractivity contribution >= 4 is 17.1 Å². The minimum atomic E-state index is -4.69. The van der Waals surface area contributed by atoms with Crippen molar-refractivity contribution in [2.24, 2.45) is 5.92 Å². The third-order valence-corrected chi connectivity index (χ3v) is 6.91. The van der Waals surface area contributed by atoms with Crippen LogP contribution in [0.5, 0.6) is 5.75 Å². The number of nitrogens with one attached hydrogen (secondary N) is 1. The second-order valence-corrected chi connectivity index (χ2v) is 10.3. The van der Waals surface area contributed by atoms with Crippen molar-refractivity contribution in [3.05, 3.63) is 70.8 Å². The largest absolute Gasteiger partial charge is 0.432 e. The van der Waals surface area contributed by atoms with E-state index < -0.39 is 35.8 Å². The zero-order chi connectivity index (χ0) is 29.8. The van der Waals surface area contributed by atoms with Gasteiger partial charge in [0.25, 0.3) is 5.91 Å². The van der Waals surface area contributed by atoms with Gasteiger partial charge in [-0.2, -0.15) is 27.2 Å². The predicted octanol–water partition coefficient (Wildman–Crippen LogP) is 7.77. The zero-order valence-electron chi connectivity index (χ0n) is 22.3. The number of nitrogens with zero attached hydrogens (tertiary/aromatic N) is 2. The number of allylic oxidation sites excluding steroid dienone is 3. The lowest BCUT2D eigenvalue weighted by Crippen LogP contribution is -2.54. The molecular formula is C29H29F6N3O2. The van der Waals surface area contributed by atoms with Crippen LogP contribution in [0.15, 0.2) is 42.6 Å². The van der Waals surface area contributed by atoms with E-state index >= 15 is 0 Å². The number of rotatable bonds is 9. The summed E-state index contributed by atoms with van der Waals surface area (Å²) in [5.41, 5.74) is -1.27. The van der Waals surface area contributed by atoms with Gasteiger partial charge < -0.3 is 10.1 Å². The highest BCUT2D eigenvalue weighted by Crippen LogP contribution is 2.39. The Morgan fingerprint density at radius 1 is 1.23 bits per heavy atom. The molecule has 1 aromatic carbocycles. The highest BCUT2D eigenvalue weighted by molar-refractivity contribution is 6.03. The summed E-state index contributed by atoms with van der Waals surface area (Å²) in [5.74, 6) is -2.46. The molecule has 0 bridgehead atoms. The molecule has 2 aromatic rings. The first-order valence-corrected chi connectivity index (χ1v) is 12.6. The molecular weight excluding hydrogens is 536 g/mol. The Kier molecular flexibility index (Phi) is 9.33. The number of benzene rings is 1. The first kappa shape index (κ1) is 30.7. The topological polar surface area (TPSA) is 75.0 Å². The van der Waals surface area contributed by atoms with E-state index in [1.54, 1.807) is 0 Å². The Hall–Kier alpha value is -3.81. The van der Waals surface area contributed by atoms with Crippen LogP contribution < -0.4 is 10.1 Å². The monoisotopic (exact) mass is 565 g/mol. The van der Waals surface area contributed by atoms with Crippen molar-refractivity contribution in [2.75, 3.05) is 0 Å². The van der Waals surface area contributed by atoms with E-state index in [0.29, 0.717) is 17.9 Å². The van der Waals surface area contributed by atoms with E-state index in [0.717, 1.165) is 57.9 Å². The number of halogens is 6. The second kappa shape index (κ2) is 12.1. The minimum absolute atomic E-state index is 0.0223. The fourth-order valence-corrected chi connectivity index (χ4v) is 4.62. The Balaban J connectivity index is 2.08. The van der Waals surface area contributed by atoms with Gasteiger partial charge in [-0.1, -0.05) is 32.3 Å². The first-order chi connectivity index (χ1) is 18.6. The molecule has 0 atom stereocenters. The third-order valence-electron chi connectivity index (χ3n) is 6.91. The van der Waals surface area contributed by atoms with Gasteiger partial charge in [-0.15, -0.1) is 0 Å². The van der Waals surface area contributed by atoms with Crippen molar-refractivity contribution in [3.63, 3.8) is 0 Å². The van der Waals surface area contributed by atoms with Crippen LogP contribution in [-0.2, 0) is 0 Å². The number of amides is 1. The molecule has 0 spiro atoms. The fraction of sp³-hybridized carbons (Fsp3) is 0.414. The highest BCUT2D eigenvalue weighted by Gasteiger charge is 2.48. The number of carbonyl (C=O) groups is 1. The van der Waals surface area contributed by atoms with Crippen molar-refractivity contribution < 1.29 is 35.9 Å². The normalized spacial score (nSPS) is 15.0. The zero-order valence-corrected chi connectivity index (χ0v) is 22.3. The SMILES string of the molecule is C=C(CC1CCCC1)C(=C(C#N)c1cc(F)c(OC(F)F)cc1C)c1ccc(C(=O)NC(C)(C)C(F)(F)F)cn1. The minimum Gasteiger partial charge on any atom is -0.432 e. The quantitative estimate of drug-likeness (QED) is 0.192. The molecule has 0 saturated heterocycles. The first-order valence-electron chi connectivity index (χ1n) is 12.6. The van der Waals surface area contributed by atoms with Gasteiger partial charge in [-0.3, -0.25) is 9.78 Å². The fourth-order valence-electron chi connectivity index (χ4n) is 4.62. The average molecular weight is 566 g/mol. The molecule has 1 fully saturated rings. The van der Waals surface area contributed by atoms with Crippen LogP contribution in [0.25, 0.3) is 11.1 Å². The molecule has 1 aliphatic carbocycles. The molecule has 40 heavy (non-hydrogen) atoms. The summed E-state index contributed by atoms with van der Waals surface area (Å²) < 4.78 is 84.0. The number of hydrogen-bond acceptors (Lipinski definition) is 4. The Morgan fingerprint density at radius 2 is 1.88 bits per heavy atom. The summed E-state index contributed by atoms with van der Waals surface area (Å²) in [7, 11) is 0. The number of hydrogen-bond donors (Lipinski definition) is 1. The highest BCUT2D eigenvalue weighted by atomic mass is 19.4. The number of alkyl halides is 5. The van der Waals surface area contributed by atoms with Gasteiger partial charge in [0.1, 0.15) is 11.6 Å². The summed E-state index contributed by atoms with van der Waals surface area (Å²) in [6.45, 7) is 4.09. The van der Waals surface area contributed by atoms with Crippen LogP contribution in [0.2, 0.25) is 0 Å². The van der Waals surface area contributed by atoms with Gasteiger partial charge in [-0.25, -0.2) is 4.39 Å². The van der Waals surface area contributed by atoms with E-state index in [-0.39, 0.29) is 33.5 Å². The molecule has 1 saturated carbocycles. The summed E-state index contributed by atoms with van der Waals surface area (Å²) in [5, 5.41) is 12.1. The maximum Gasteiger partial charge on any atom is 0.410 e. The lowest BCUT2D eigenvalue weighted by atomic mass is 9.86. The second-order valence-electron chi connectivity index (χ2n) is 10.3. The van der Waals surface area contributed by atoms with Gasteiger partial charge in [0.2, 0.25) is 0 Å². The Bertz CT molecular complexity index is 1340. The van der Waals surface area contributed by atoms with Gasteiger partial charge in [0.05, 0.1) is 16.8 Å². The van der Waals surface area contributed by atoms with Crippen molar-refractivity contribution in [1.82, 2.24) is 10.3 Å². The third kappa shape index (κ3) is 7.03. The molecule has 5 nitrogen and oxygen atoms in total. The summed E-state index contributed by atoms with van der Waals surface area (Å²) >= 11 is 0. The van der Waals surface area contributed by atoms with Crippen molar-refractivity contribution in [2.45, 2.75) is 71.2 Å². The molecule has 1 heterocycles. The maximum absolute atomic E-state index is 14.7. The van der Waals surface area contributed by atoms with E-state index in [4.69, 9.17) is 0 Å². The van der Waals surface area contributed by atoms with Crippen LogP contribution in [0.3, 0.4) is 0 Å². The smallest absolute Gasteiger partial charge is 0.410 e. The number of ether oxygens (including phenoxy) is 1. The van der Waals surface area contributed by atoms with Crippen LogP contribution in [0.4, 0.5) is 26.3 Å². The number of aromatic nitrogens is 1. The van der Waals surface area contributed by atoms with Gasteiger partial charge in [-0.05, 0) is 74.1 Å². The predicted molar refractivity (Wildman–Crippen MR) is 138 cm³/mol. The van der Waals surface area contributed by atoms with Gasteiger partial charge in [0.15, 0.2) is 11.6 Å². The Morgan fingerprint density at radius 3 is 2.40 bits per heavy atom. The van der Waals surface area contributed by atoms with Crippen LogP contribution in [0, 0.1) is 30.0 Å². The number of pyridine rings is 1. The van der Waals surface area contributed by atoms with Gasteiger partial charge in [0, 0.05) is 11.8 Å². The van der Waals surface area contributed by atoms with E-state index in [1.807, 2.05) is 5.32 Å². The van der Waals surface area contributed by atoms with Crippen molar-refractivity contribution in [3.8, 4) is 11.8 Å². The van der Waals surface area contributed by atoms with E-state index in [9.17, 15) is 36.4 Å². The standard InChI is InChI=1S/C29H29F6N3O2/c1-16-12-24(40-27(31)32)22(30)13-20(16)21(14-36)25(17(2)11-18-7-5-6-8-18)23-10-9-19(15-37-23)26(39)38-28(3,4)29(33,34)35/h9-10,12-13,15,18,27H,2,5-8,11H2,1,3-4H3,(H,38,39). The molecule has 1 amide bonds. The van der Waals surface area contributed by atoms with Crippen LogP contribution >= 0.6 is 0 Å². The molecule has 3 rings (SSSR count). The molecule has 214 valence electrons. The average Bonchev–Trinajstić information content (AvgIpc) is 3.36. The number of aryl methyl sites for hydroxylation is 1. The van der Waals surface area contributed by atoms with E-state index in [2.05, 4.69) is 22.4 Å².